The van der Waals surface area contributed by atoms with E-state index >= 15 is 0 Å². The molecule has 0 aliphatic rings. The van der Waals surface area contributed by atoms with E-state index in [1.807, 2.05) is 60.7 Å². The van der Waals surface area contributed by atoms with Gasteiger partial charge in [-0.25, -0.2) is 0 Å². The van der Waals surface area contributed by atoms with Crippen LogP contribution in [0.1, 0.15) is 17.0 Å². The molecule has 1 amide bonds. The molecule has 2 heteroatoms. The maximum atomic E-state index is 12.4. The lowest BCUT2D eigenvalue weighted by Gasteiger charge is -2.21. The van der Waals surface area contributed by atoms with Crippen LogP contribution in [-0.4, -0.2) is 24.9 Å². The van der Waals surface area contributed by atoms with Crippen molar-refractivity contribution in [1.29, 1.82) is 0 Å². The van der Waals surface area contributed by atoms with Gasteiger partial charge in [0.2, 0.25) is 5.91 Å². The summed E-state index contributed by atoms with van der Waals surface area (Å²) in [5, 5.41) is 0. The Balaban J connectivity index is 0. The van der Waals surface area contributed by atoms with E-state index < -0.39 is 0 Å². The quantitative estimate of drug-likeness (QED) is 0.701. The van der Waals surface area contributed by atoms with E-state index in [4.69, 9.17) is 0 Å². The van der Waals surface area contributed by atoms with Crippen LogP contribution in [0.25, 0.3) is 0 Å². The minimum Gasteiger partial charge on any atom is -0.348 e. The standard InChI is InChI=1S/C16H17NO.3C2H4/c1-17(2)16(18)15(13-9-5-3-6-10-13)14-11-7-4-8-12-14;3*1-2/h3-12,15H,1-2H3;3*1-2H2. The highest BCUT2D eigenvalue weighted by molar-refractivity contribution is 5.86. The van der Waals surface area contributed by atoms with E-state index in [2.05, 4.69) is 39.5 Å². The Hall–Kier alpha value is -2.87. The van der Waals surface area contributed by atoms with E-state index in [9.17, 15) is 4.79 Å². The average Bonchev–Trinajstić information content (AvgIpc) is 2.68. The van der Waals surface area contributed by atoms with Gasteiger partial charge >= 0.3 is 0 Å². The number of amides is 1. The third-order valence-corrected chi connectivity index (χ3v) is 2.95. The first-order valence-corrected chi connectivity index (χ1v) is 7.51. The molecule has 2 nitrogen and oxygen atoms in total. The summed E-state index contributed by atoms with van der Waals surface area (Å²) >= 11 is 0. The maximum Gasteiger partial charge on any atom is 0.234 e. The van der Waals surface area contributed by atoms with Crippen molar-refractivity contribution in [2.24, 2.45) is 0 Å². The van der Waals surface area contributed by atoms with Gasteiger partial charge < -0.3 is 4.90 Å². The second-order valence-electron chi connectivity index (χ2n) is 4.49. The number of hydrogen-bond donors (Lipinski definition) is 0. The molecule has 128 valence electrons. The predicted octanol–water partition coefficient (Wildman–Crippen LogP) is 5.31. The molecule has 0 aromatic heterocycles. The van der Waals surface area contributed by atoms with Gasteiger partial charge in [0.25, 0.3) is 0 Å². The molecule has 0 fully saturated rings. The van der Waals surface area contributed by atoms with Crippen molar-refractivity contribution >= 4 is 5.91 Å². The van der Waals surface area contributed by atoms with Gasteiger partial charge in [-0.2, -0.15) is 0 Å². The molecular formula is C22H29NO. The molecule has 0 spiro atoms. The summed E-state index contributed by atoms with van der Waals surface area (Å²) < 4.78 is 0. The molecule has 0 aliphatic carbocycles. The highest BCUT2D eigenvalue weighted by Gasteiger charge is 2.23. The van der Waals surface area contributed by atoms with Crippen molar-refractivity contribution in [3.63, 3.8) is 0 Å². The largest absolute Gasteiger partial charge is 0.348 e. The fourth-order valence-corrected chi connectivity index (χ4v) is 2.03. The smallest absolute Gasteiger partial charge is 0.234 e. The molecule has 2 aromatic carbocycles. The first-order valence-electron chi connectivity index (χ1n) is 7.51. The molecule has 0 bridgehead atoms. The van der Waals surface area contributed by atoms with E-state index in [1.54, 1.807) is 19.0 Å². The van der Waals surface area contributed by atoms with Gasteiger partial charge in [0.15, 0.2) is 0 Å². The van der Waals surface area contributed by atoms with Crippen molar-refractivity contribution in [3.05, 3.63) is 111 Å². The van der Waals surface area contributed by atoms with Gasteiger partial charge in [0.05, 0.1) is 5.92 Å². The molecular weight excluding hydrogens is 294 g/mol. The van der Waals surface area contributed by atoms with Crippen LogP contribution in [0, 0.1) is 0 Å². The number of hydrogen-bond acceptors (Lipinski definition) is 1. The van der Waals surface area contributed by atoms with Crippen LogP contribution in [0.15, 0.2) is 100 Å². The van der Waals surface area contributed by atoms with Crippen molar-refractivity contribution in [2.45, 2.75) is 5.92 Å². The SMILES string of the molecule is C=C.C=C.C=C.CN(C)C(=O)C(c1ccccc1)c1ccccc1. The van der Waals surface area contributed by atoms with Crippen molar-refractivity contribution in [1.82, 2.24) is 4.90 Å². The summed E-state index contributed by atoms with van der Waals surface area (Å²) in [6, 6.07) is 19.8. The van der Waals surface area contributed by atoms with Crippen LogP contribution >= 0.6 is 0 Å². The van der Waals surface area contributed by atoms with Crippen LogP contribution in [0.2, 0.25) is 0 Å². The predicted molar refractivity (Wildman–Crippen MR) is 107 cm³/mol. The number of nitrogens with zero attached hydrogens (tertiary/aromatic N) is 1. The number of benzene rings is 2. The zero-order valence-corrected chi connectivity index (χ0v) is 14.9. The summed E-state index contributed by atoms with van der Waals surface area (Å²) in [4.78, 5) is 14.0. The topological polar surface area (TPSA) is 20.3 Å². The van der Waals surface area contributed by atoms with Gasteiger partial charge in [0, 0.05) is 14.1 Å². The summed E-state index contributed by atoms with van der Waals surface area (Å²) in [5.74, 6) is -0.116. The highest BCUT2D eigenvalue weighted by Crippen LogP contribution is 2.25. The average molecular weight is 323 g/mol. The zero-order valence-electron chi connectivity index (χ0n) is 14.9. The number of carbonyl (C=O) groups is 1. The van der Waals surface area contributed by atoms with Gasteiger partial charge in [-0.05, 0) is 11.1 Å². The summed E-state index contributed by atoms with van der Waals surface area (Å²) in [5.41, 5.74) is 2.06. The lowest BCUT2D eigenvalue weighted by Crippen LogP contribution is -2.28. The molecule has 2 aromatic rings. The molecule has 2 rings (SSSR count). The third kappa shape index (κ3) is 7.41. The molecule has 0 unspecified atom stereocenters. The molecule has 0 atom stereocenters. The van der Waals surface area contributed by atoms with E-state index in [0.717, 1.165) is 11.1 Å². The van der Waals surface area contributed by atoms with Gasteiger partial charge in [-0.15, -0.1) is 39.5 Å². The molecule has 24 heavy (non-hydrogen) atoms. The van der Waals surface area contributed by atoms with Gasteiger partial charge in [-0.1, -0.05) is 60.7 Å². The second-order valence-corrected chi connectivity index (χ2v) is 4.49. The molecule has 0 radical (unpaired) electrons. The van der Waals surface area contributed by atoms with E-state index in [-0.39, 0.29) is 11.8 Å². The Morgan fingerprint density at radius 1 is 0.708 bits per heavy atom. The number of carbonyl (C=O) groups excluding carboxylic acids is 1. The Morgan fingerprint density at radius 3 is 1.25 bits per heavy atom. The van der Waals surface area contributed by atoms with Crippen LogP contribution < -0.4 is 0 Å². The van der Waals surface area contributed by atoms with Crippen LogP contribution in [0.4, 0.5) is 0 Å². The third-order valence-electron chi connectivity index (χ3n) is 2.95. The Bertz CT molecular complexity index is 504. The van der Waals surface area contributed by atoms with Crippen molar-refractivity contribution in [3.8, 4) is 0 Å². The lowest BCUT2D eigenvalue weighted by atomic mass is 9.90. The first kappa shape index (κ1) is 23.4. The fourth-order valence-electron chi connectivity index (χ4n) is 2.03. The van der Waals surface area contributed by atoms with E-state index in [1.165, 1.54) is 0 Å². The number of likely N-dealkylation sites (N-methyl/N-ethyl adjacent to an activating group) is 1. The summed E-state index contributed by atoms with van der Waals surface area (Å²) in [7, 11) is 3.59. The highest BCUT2D eigenvalue weighted by atomic mass is 16.2. The van der Waals surface area contributed by atoms with Crippen LogP contribution in [-0.2, 0) is 4.79 Å². The summed E-state index contributed by atoms with van der Waals surface area (Å²) in [6.07, 6.45) is 0. The van der Waals surface area contributed by atoms with Gasteiger partial charge in [-0.3, -0.25) is 4.79 Å². The first-order chi connectivity index (χ1) is 11.7. The van der Waals surface area contributed by atoms with Crippen LogP contribution in [0.3, 0.4) is 0 Å². The van der Waals surface area contributed by atoms with Crippen molar-refractivity contribution in [2.75, 3.05) is 14.1 Å². The molecule has 0 aliphatic heterocycles. The molecule has 0 heterocycles. The van der Waals surface area contributed by atoms with Crippen LogP contribution in [0.5, 0.6) is 0 Å². The normalized spacial score (nSPS) is 8.29. The minimum absolute atomic E-state index is 0.104. The second kappa shape index (κ2) is 15.0. The molecule has 0 N–H and O–H groups in total. The Morgan fingerprint density at radius 2 is 1.00 bits per heavy atom. The van der Waals surface area contributed by atoms with Crippen molar-refractivity contribution < 1.29 is 4.79 Å². The minimum atomic E-state index is -0.220. The Labute approximate surface area is 147 Å². The summed E-state index contributed by atoms with van der Waals surface area (Å²) in [6.45, 7) is 18.0. The fraction of sp³-hybridized carbons (Fsp3) is 0.136. The monoisotopic (exact) mass is 323 g/mol. The molecule has 0 saturated heterocycles. The maximum absolute atomic E-state index is 12.4. The molecule has 0 saturated carbocycles. The lowest BCUT2D eigenvalue weighted by molar-refractivity contribution is -0.129. The Kier molecular flexibility index (Phi) is 14.7. The van der Waals surface area contributed by atoms with E-state index in [0.29, 0.717) is 0 Å². The zero-order chi connectivity index (χ0) is 19.0. The van der Waals surface area contributed by atoms with Gasteiger partial charge in [0.1, 0.15) is 0 Å². The number of rotatable bonds is 3.